The summed E-state index contributed by atoms with van der Waals surface area (Å²) in [6, 6.07) is 7.88. The molecule has 2 aromatic rings. The van der Waals surface area contributed by atoms with E-state index in [0.717, 1.165) is 28.1 Å². The van der Waals surface area contributed by atoms with Gasteiger partial charge in [0, 0.05) is 13.0 Å². The van der Waals surface area contributed by atoms with Crippen LogP contribution in [0, 0.1) is 11.3 Å². The number of carbonyl (C=O) groups is 1. The van der Waals surface area contributed by atoms with Crippen LogP contribution < -0.4 is 5.73 Å². The fourth-order valence-electron chi connectivity index (χ4n) is 2.62. The number of para-hydroxylation sites is 1. The summed E-state index contributed by atoms with van der Waals surface area (Å²) < 4.78 is 1.10. The Balaban J connectivity index is 1.95. The molecule has 0 bridgehead atoms. The zero-order valence-electron chi connectivity index (χ0n) is 10.5. The van der Waals surface area contributed by atoms with E-state index in [2.05, 4.69) is 4.98 Å². The number of rotatable bonds is 5. The van der Waals surface area contributed by atoms with Crippen LogP contribution in [0.5, 0.6) is 0 Å². The molecule has 0 amide bonds. The third-order valence-electron chi connectivity index (χ3n) is 3.95. The van der Waals surface area contributed by atoms with Crippen LogP contribution in [0.15, 0.2) is 24.3 Å². The number of aliphatic carboxylic acids is 1. The van der Waals surface area contributed by atoms with Gasteiger partial charge in [0.05, 0.1) is 20.6 Å². The zero-order valence-corrected chi connectivity index (χ0v) is 11.3. The Morgan fingerprint density at radius 2 is 2.21 bits per heavy atom. The SMILES string of the molecule is NCC(Cc1nc2ccccc2s1)(C(=O)O)C1CC1. The van der Waals surface area contributed by atoms with Crippen LogP contribution in [0.4, 0.5) is 0 Å². The van der Waals surface area contributed by atoms with Gasteiger partial charge in [-0.25, -0.2) is 4.98 Å². The summed E-state index contributed by atoms with van der Waals surface area (Å²) in [7, 11) is 0. The minimum absolute atomic E-state index is 0.183. The molecule has 0 aliphatic heterocycles. The smallest absolute Gasteiger partial charge is 0.311 e. The first-order chi connectivity index (χ1) is 9.15. The molecule has 5 heteroatoms. The largest absolute Gasteiger partial charge is 0.481 e. The second-order valence-electron chi connectivity index (χ2n) is 5.19. The standard InChI is InChI=1S/C14H16N2O2S/c15-8-14(13(17)18,9-5-6-9)7-12-16-10-3-1-2-4-11(10)19-12/h1-4,9H,5-8,15H2,(H,17,18). The summed E-state index contributed by atoms with van der Waals surface area (Å²) in [5.74, 6) is -0.571. The highest BCUT2D eigenvalue weighted by atomic mass is 32.1. The average molecular weight is 276 g/mol. The average Bonchev–Trinajstić information content (AvgIpc) is 3.16. The van der Waals surface area contributed by atoms with E-state index in [-0.39, 0.29) is 12.5 Å². The Kier molecular flexibility index (Phi) is 3.03. The molecular weight excluding hydrogens is 260 g/mol. The maximum absolute atomic E-state index is 11.7. The predicted molar refractivity (Wildman–Crippen MR) is 75.2 cm³/mol. The Morgan fingerprint density at radius 3 is 2.79 bits per heavy atom. The van der Waals surface area contributed by atoms with Gasteiger partial charge in [-0.3, -0.25) is 4.79 Å². The second kappa shape index (κ2) is 4.58. The number of aromatic nitrogens is 1. The van der Waals surface area contributed by atoms with Gasteiger partial charge in [0.15, 0.2) is 0 Å². The van der Waals surface area contributed by atoms with Crippen molar-refractivity contribution in [2.45, 2.75) is 19.3 Å². The number of benzene rings is 1. The van der Waals surface area contributed by atoms with Gasteiger partial charge >= 0.3 is 5.97 Å². The van der Waals surface area contributed by atoms with Gasteiger partial charge in [0.25, 0.3) is 0 Å². The van der Waals surface area contributed by atoms with Crippen LogP contribution in [0.25, 0.3) is 10.2 Å². The Morgan fingerprint density at radius 1 is 1.47 bits per heavy atom. The van der Waals surface area contributed by atoms with E-state index < -0.39 is 11.4 Å². The number of hydrogen-bond donors (Lipinski definition) is 2. The van der Waals surface area contributed by atoms with E-state index in [1.54, 1.807) is 11.3 Å². The molecule has 1 heterocycles. The molecule has 3 rings (SSSR count). The highest BCUT2D eigenvalue weighted by molar-refractivity contribution is 7.18. The van der Waals surface area contributed by atoms with Crippen LogP contribution in [-0.2, 0) is 11.2 Å². The van der Waals surface area contributed by atoms with Gasteiger partial charge in [0.2, 0.25) is 0 Å². The highest BCUT2D eigenvalue weighted by Crippen LogP contribution is 2.47. The topological polar surface area (TPSA) is 76.2 Å². The summed E-state index contributed by atoms with van der Waals surface area (Å²) in [6.45, 7) is 0.183. The first-order valence-corrected chi connectivity index (χ1v) is 7.25. The molecule has 19 heavy (non-hydrogen) atoms. The van der Waals surface area contributed by atoms with Gasteiger partial charge in [-0.05, 0) is 30.9 Å². The van der Waals surface area contributed by atoms with Crippen molar-refractivity contribution in [2.75, 3.05) is 6.54 Å². The summed E-state index contributed by atoms with van der Waals surface area (Å²) in [6.07, 6.45) is 2.38. The van der Waals surface area contributed by atoms with Crippen molar-refractivity contribution in [2.24, 2.45) is 17.1 Å². The van der Waals surface area contributed by atoms with Gasteiger partial charge in [0.1, 0.15) is 0 Å². The maximum atomic E-state index is 11.7. The molecule has 1 saturated carbocycles. The van der Waals surface area contributed by atoms with Crippen molar-refractivity contribution in [3.63, 3.8) is 0 Å². The van der Waals surface area contributed by atoms with Crippen molar-refractivity contribution >= 4 is 27.5 Å². The van der Waals surface area contributed by atoms with E-state index in [1.807, 2.05) is 24.3 Å². The lowest BCUT2D eigenvalue weighted by Crippen LogP contribution is -2.42. The van der Waals surface area contributed by atoms with Gasteiger partial charge in [-0.2, -0.15) is 0 Å². The molecule has 1 aromatic heterocycles. The van der Waals surface area contributed by atoms with Crippen molar-refractivity contribution in [1.82, 2.24) is 4.98 Å². The minimum Gasteiger partial charge on any atom is -0.481 e. The van der Waals surface area contributed by atoms with E-state index in [1.165, 1.54) is 0 Å². The lowest BCUT2D eigenvalue weighted by atomic mass is 9.79. The van der Waals surface area contributed by atoms with E-state index in [9.17, 15) is 9.90 Å². The lowest BCUT2D eigenvalue weighted by molar-refractivity contribution is -0.149. The van der Waals surface area contributed by atoms with E-state index in [4.69, 9.17) is 5.73 Å². The third kappa shape index (κ3) is 2.13. The summed E-state index contributed by atoms with van der Waals surface area (Å²) in [5.41, 5.74) is 5.90. The molecule has 1 aliphatic rings. The number of nitrogens with two attached hydrogens (primary N) is 1. The number of carboxylic acid groups (broad SMARTS) is 1. The van der Waals surface area contributed by atoms with Crippen molar-refractivity contribution < 1.29 is 9.90 Å². The molecule has 1 aromatic carbocycles. The molecule has 3 N–H and O–H groups in total. The number of hydrogen-bond acceptors (Lipinski definition) is 4. The first kappa shape index (κ1) is 12.6. The van der Waals surface area contributed by atoms with Crippen molar-refractivity contribution in [3.05, 3.63) is 29.3 Å². The van der Waals surface area contributed by atoms with Crippen LogP contribution >= 0.6 is 11.3 Å². The number of fused-ring (bicyclic) bond motifs is 1. The summed E-state index contributed by atoms with van der Waals surface area (Å²) in [5, 5.41) is 10.4. The third-order valence-corrected chi connectivity index (χ3v) is 4.99. The number of nitrogens with zero attached hydrogens (tertiary/aromatic N) is 1. The molecule has 0 radical (unpaired) electrons. The first-order valence-electron chi connectivity index (χ1n) is 6.43. The van der Waals surface area contributed by atoms with Crippen LogP contribution in [0.1, 0.15) is 17.8 Å². The molecule has 100 valence electrons. The van der Waals surface area contributed by atoms with Crippen LogP contribution in [0.2, 0.25) is 0 Å². The maximum Gasteiger partial charge on any atom is 0.311 e. The molecule has 0 spiro atoms. The Hall–Kier alpha value is -1.46. The van der Waals surface area contributed by atoms with Crippen LogP contribution in [-0.4, -0.2) is 22.6 Å². The quantitative estimate of drug-likeness (QED) is 0.878. The number of carboxylic acids is 1. The van der Waals surface area contributed by atoms with Gasteiger partial charge in [-0.1, -0.05) is 12.1 Å². The van der Waals surface area contributed by atoms with Crippen molar-refractivity contribution in [1.29, 1.82) is 0 Å². The summed E-state index contributed by atoms with van der Waals surface area (Å²) >= 11 is 1.57. The molecule has 1 atom stereocenters. The Bertz CT molecular complexity index is 588. The zero-order chi connectivity index (χ0) is 13.5. The molecule has 1 fully saturated rings. The lowest BCUT2D eigenvalue weighted by Gasteiger charge is -2.26. The number of thiazole rings is 1. The Labute approximate surface area is 115 Å². The monoisotopic (exact) mass is 276 g/mol. The fraction of sp³-hybridized carbons (Fsp3) is 0.429. The van der Waals surface area contributed by atoms with E-state index >= 15 is 0 Å². The van der Waals surface area contributed by atoms with Gasteiger partial charge < -0.3 is 10.8 Å². The van der Waals surface area contributed by atoms with E-state index in [0.29, 0.717) is 6.42 Å². The molecule has 0 saturated heterocycles. The van der Waals surface area contributed by atoms with Crippen molar-refractivity contribution in [3.8, 4) is 0 Å². The second-order valence-corrected chi connectivity index (χ2v) is 6.31. The molecule has 1 aliphatic carbocycles. The predicted octanol–water partition coefficient (Wildman–Crippen LogP) is 2.28. The normalized spacial score (nSPS) is 18.4. The molecular formula is C14H16N2O2S. The molecule has 1 unspecified atom stereocenters. The summed E-state index contributed by atoms with van der Waals surface area (Å²) in [4.78, 5) is 16.2. The van der Waals surface area contributed by atoms with Gasteiger partial charge in [-0.15, -0.1) is 11.3 Å². The molecule has 4 nitrogen and oxygen atoms in total. The fourth-order valence-corrected chi connectivity index (χ4v) is 3.71. The minimum atomic E-state index is -0.826. The van der Waals surface area contributed by atoms with Crippen LogP contribution in [0.3, 0.4) is 0 Å². The highest BCUT2D eigenvalue weighted by Gasteiger charge is 2.50.